The molecule has 0 saturated carbocycles. The summed E-state index contributed by atoms with van der Waals surface area (Å²) in [5.41, 5.74) is 2.75. The fourth-order valence-electron chi connectivity index (χ4n) is 2.27. The van der Waals surface area contributed by atoms with Gasteiger partial charge in [-0.05, 0) is 50.6 Å². The van der Waals surface area contributed by atoms with E-state index >= 15 is 0 Å². The Morgan fingerprint density at radius 1 is 1.00 bits per heavy atom. The summed E-state index contributed by atoms with van der Waals surface area (Å²) < 4.78 is 0. The van der Waals surface area contributed by atoms with Gasteiger partial charge in [-0.3, -0.25) is 0 Å². The van der Waals surface area contributed by atoms with Crippen LogP contribution in [0.5, 0.6) is 0 Å². The molecule has 0 amide bonds. The zero-order valence-electron chi connectivity index (χ0n) is 12.3. The van der Waals surface area contributed by atoms with Crippen LogP contribution >= 0.6 is 11.8 Å². The van der Waals surface area contributed by atoms with E-state index in [0.717, 1.165) is 18.7 Å². The number of aryl methyl sites for hydroxylation is 1. The Labute approximate surface area is 126 Å². The van der Waals surface area contributed by atoms with Crippen LogP contribution in [0.2, 0.25) is 0 Å². The van der Waals surface area contributed by atoms with Gasteiger partial charge in [-0.15, -0.1) is 11.8 Å². The molecule has 2 aromatic carbocycles. The van der Waals surface area contributed by atoms with Gasteiger partial charge in [0.1, 0.15) is 0 Å². The molecule has 20 heavy (non-hydrogen) atoms. The highest BCUT2D eigenvalue weighted by Gasteiger charge is 2.09. The summed E-state index contributed by atoms with van der Waals surface area (Å²) in [6.07, 6.45) is 1.14. The topological polar surface area (TPSA) is 12.0 Å². The molecule has 1 nitrogen and oxygen atoms in total. The maximum absolute atomic E-state index is 3.32. The molecule has 0 spiro atoms. The van der Waals surface area contributed by atoms with E-state index in [9.17, 15) is 0 Å². The van der Waals surface area contributed by atoms with Gasteiger partial charge in [0.05, 0.1) is 0 Å². The van der Waals surface area contributed by atoms with Crippen LogP contribution in [0.25, 0.3) is 0 Å². The van der Waals surface area contributed by atoms with Gasteiger partial charge in [0, 0.05) is 10.6 Å². The van der Waals surface area contributed by atoms with Crippen molar-refractivity contribution in [1.29, 1.82) is 0 Å². The van der Waals surface area contributed by atoms with Gasteiger partial charge in [-0.25, -0.2) is 0 Å². The van der Waals surface area contributed by atoms with Crippen LogP contribution in [-0.4, -0.2) is 19.3 Å². The molecule has 2 aromatic rings. The molecule has 2 heteroatoms. The minimum Gasteiger partial charge on any atom is -0.319 e. The smallest absolute Gasteiger partial charge is 0.00722 e. The minimum absolute atomic E-state index is 0.661. The van der Waals surface area contributed by atoms with Crippen LogP contribution in [0, 0.1) is 12.8 Å². The fraction of sp³-hybridized carbons (Fsp3) is 0.333. The summed E-state index contributed by atoms with van der Waals surface area (Å²) >= 11 is 1.96. The summed E-state index contributed by atoms with van der Waals surface area (Å²) in [6.45, 7) is 3.20. The van der Waals surface area contributed by atoms with Gasteiger partial charge in [-0.2, -0.15) is 0 Å². The molecule has 0 bridgehead atoms. The van der Waals surface area contributed by atoms with Gasteiger partial charge < -0.3 is 5.32 Å². The first-order valence-electron chi connectivity index (χ1n) is 7.16. The van der Waals surface area contributed by atoms with E-state index in [1.165, 1.54) is 16.0 Å². The molecule has 0 heterocycles. The Morgan fingerprint density at radius 2 is 1.70 bits per heavy atom. The van der Waals surface area contributed by atoms with Gasteiger partial charge in [0.2, 0.25) is 0 Å². The van der Waals surface area contributed by atoms with Crippen molar-refractivity contribution in [2.45, 2.75) is 18.2 Å². The summed E-state index contributed by atoms with van der Waals surface area (Å²) in [6, 6.07) is 19.6. The van der Waals surface area contributed by atoms with E-state index in [1.54, 1.807) is 0 Å². The van der Waals surface area contributed by atoms with Crippen molar-refractivity contribution < 1.29 is 0 Å². The van der Waals surface area contributed by atoms with E-state index in [2.05, 4.69) is 66.8 Å². The maximum Gasteiger partial charge on any atom is 0.00722 e. The number of hydrogen-bond acceptors (Lipinski definition) is 2. The lowest BCUT2D eigenvalue weighted by molar-refractivity contribution is 0.550. The molecule has 0 aliphatic heterocycles. The van der Waals surface area contributed by atoms with Crippen molar-refractivity contribution in [3.63, 3.8) is 0 Å². The SMILES string of the molecule is CNCC(CSc1ccc(C)cc1)Cc1ccccc1. The van der Waals surface area contributed by atoms with Crippen molar-refractivity contribution >= 4 is 11.8 Å². The van der Waals surface area contributed by atoms with Crippen molar-refractivity contribution in [3.8, 4) is 0 Å². The van der Waals surface area contributed by atoms with Crippen molar-refractivity contribution in [3.05, 3.63) is 65.7 Å². The predicted molar refractivity (Wildman–Crippen MR) is 89.5 cm³/mol. The zero-order valence-corrected chi connectivity index (χ0v) is 13.1. The van der Waals surface area contributed by atoms with Gasteiger partial charge in [0.25, 0.3) is 0 Å². The first-order chi connectivity index (χ1) is 9.78. The Morgan fingerprint density at radius 3 is 2.35 bits per heavy atom. The summed E-state index contributed by atoms with van der Waals surface area (Å²) in [5, 5.41) is 3.32. The maximum atomic E-state index is 3.32. The van der Waals surface area contributed by atoms with Crippen LogP contribution < -0.4 is 5.32 Å². The second kappa shape index (κ2) is 8.13. The average Bonchev–Trinajstić information content (AvgIpc) is 2.48. The average molecular weight is 285 g/mol. The minimum atomic E-state index is 0.661. The lowest BCUT2D eigenvalue weighted by Gasteiger charge is -2.16. The molecular weight excluding hydrogens is 262 g/mol. The summed E-state index contributed by atoms with van der Waals surface area (Å²) in [4.78, 5) is 1.37. The van der Waals surface area contributed by atoms with E-state index in [4.69, 9.17) is 0 Å². The molecule has 1 unspecified atom stereocenters. The van der Waals surface area contributed by atoms with Crippen LogP contribution in [0.4, 0.5) is 0 Å². The quantitative estimate of drug-likeness (QED) is 0.766. The molecule has 106 valence electrons. The largest absolute Gasteiger partial charge is 0.319 e. The number of benzene rings is 2. The van der Waals surface area contributed by atoms with Gasteiger partial charge >= 0.3 is 0 Å². The highest BCUT2D eigenvalue weighted by Crippen LogP contribution is 2.22. The summed E-state index contributed by atoms with van der Waals surface area (Å²) in [7, 11) is 2.04. The first kappa shape index (κ1) is 15.1. The van der Waals surface area contributed by atoms with Crippen LogP contribution in [0.1, 0.15) is 11.1 Å². The van der Waals surface area contributed by atoms with E-state index in [1.807, 2.05) is 18.8 Å². The molecule has 0 radical (unpaired) electrons. The van der Waals surface area contributed by atoms with Gasteiger partial charge in [-0.1, -0.05) is 48.0 Å². The first-order valence-corrected chi connectivity index (χ1v) is 8.14. The standard InChI is InChI=1S/C18H23NS/c1-15-8-10-18(11-9-15)20-14-17(13-19-2)12-16-6-4-3-5-7-16/h3-11,17,19H,12-14H2,1-2H3. The van der Waals surface area contributed by atoms with Crippen molar-refractivity contribution in [2.75, 3.05) is 19.3 Å². The number of nitrogens with one attached hydrogen (secondary N) is 1. The van der Waals surface area contributed by atoms with Crippen molar-refractivity contribution in [1.82, 2.24) is 5.32 Å². The molecule has 0 aromatic heterocycles. The molecule has 1 atom stereocenters. The molecule has 0 saturated heterocycles. The van der Waals surface area contributed by atoms with Gasteiger partial charge in [0.15, 0.2) is 0 Å². The second-order valence-electron chi connectivity index (χ2n) is 5.24. The van der Waals surface area contributed by atoms with E-state index in [-0.39, 0.29) is 0 Å². The van der Waals surface area contributed by atoms with E-state index in [0.29, 0.717) is 5.92 Å². The molecular formula is C18H23NS. The third kappa shape index (κ3) is 5.03. The Kier molecular flexibility index (Phi) is 6.16. The lowest BCUT2D eigenvalue weighted by atomic mass is 10.0. The zero-order chi connectivity index (χ0) is 14.2. The molecule has 1 N–H and O–H groups in total. The fourth-order valence-corrected chi connectivity index (χ4v) is 3.27. The van der Waals surface area contributed by atoms with Crippen LogP contribution in [-0.2, 0) is 6.42 Å². The highest BCUT2D eigenvalue weighted by molar-refractivity contribution is 7.99. The number of hydrogen-bond donors (Lipinski definition) is 1. The normalized spacial score (nSPS) is 12.3. The monoisotopic (exact) mass is 285 g/mol. The molecule has 0 aliphatic rings. The van der Waals surface area contributed by atoms with Crippen LogP contribution in [0.3, 0.4) is 0 Å². The third-order valence-electron chi connectivity index (χ3n) is 3.37. The van der Waals surface area contributed by atoms with Crippen molar-refractivity contribution in [2.24, 2.45) is 5.92 Å². The Hall–Kier alpha value is -1.25. The molecule has 0 fully saturated rings. The van der Waals surface area contributed by atoms with E-state index < -0.39 is 0 Å². The second-order valence-corrected chi connectivity index (χ2v) is 6.33. The number of thioether (sulfide) groups is 1. The third-order valence-corrected chi connectivity index (χ3v) is 4.61. The van der Waals surface area contributed by atoms with Crippen LogP contribution in [0.15, 0.2) is 59.5 Å². The number of rotatable bonds is 7. The Bertz CT molecular complexity index is 493. The molecule has 2 rings (SSSR count). The lowest BCUT2D eigenvalue weighted by Crippen LogP contribution is -2.22. The molecule has 0 aliphatic carbocycles. The summed E-state index contributed by atoms with van der Waals surface area (Å²) in [5.74, 6) is 1.81. The Balaban J connectivity index is 1.90. The predicted octanol–water partition coefficient (Wildman–Crippen LogP) is 4.17. The highest BCUT2D eigenvalue weighted by atomic mass is 32.2.